The summed E-state index contributed by atoms with van der Waals surface area (Å²) in [6, 6.07) is 37.7. The van der Waals surface area contributed by atoms with Crippen LogP contribution in [0.3, 0.4) is 0 Å². The van der Waals surface area contributed by atoms with E-state index in [9.17, 15) is 14.4 Å². The van der Waals surface area contributed by atoms with Crippen molar-refractivity contribution in [3.05, 3.63) is 149 Å². The third kappa shape index (κ3) is 8.53. The van der Waals surface area contributed by atoms with Gasteiger partial charge in [-0.1, -0.05) is 104 Å². The van der Waals surface area contributed by atoms with Gasteiger partial charge in [0.15, 0.2) is 11.5 Å². The molecule has 0 radical (unpaired) electrons. The second kappa shape index (κ2) is 15.4. The Morgan fingerprint density at radius 1 is 0.619 bits per heavy atom. The standard InChI is InChI=1S/C17H13NO2.C9H7NO2.C8H8O.CH4/c1-12(13-8-4-2-5-9-13)15-17(19)20-16(18-15)14-10-6-3-7-11-14;11-8-6-10-9(12-8)7-4-2-1-3-5-7;1-7(9)8-5-3-2-4-6-8;/h2-11H,1H3;1-5H,6H2;2-6H,1H3;1H4/b15-12-;;;. The highest BCUT2D eigenvalue weighted by atomic mass is 16.6. The highest BCUT2D eigenvalue weighted by Gasteiger charge is 2.26. The van der Waals surface area contributed by atoms with Gasteiger partial charge in [-0.25, -0.2) is 19.6 Å². The Morgan fingerprint density at radius 3 is 1.50 bits per heavy atom. The zero-order valence-corrected chi connectivity index (χ0v) is 22.7. The monoisotopic (exact) mass is 560 g/mol. The number of ketones is 1. The number of carbonyl (C=O) groups excluding carboxylic acids is 3. The molecule has 7 nitrogen and oxygen atoms in total. The smallest absolute Gasteiger partial charge is 0.364 e. The summed E-state index contributed by atoms with van der Waals surface area (Å²) in [5.74, 6) is 0.233. The number of hydrogen-bond donors (Lipinski definition) is 0. The van der Waals surface area contributed by atoms with Crippen molar-refractivity contribution in [3.8, 4) is 0 Å². The molecule has 0 fully saturated rings. The van der Waals surface area contributed by atoms with Gasteiger partial charge >= 0.3 is 11.9 Å². The van der Waals surface area contributed by atoms with Crippen molar-refractivity contribution >= 4 is 35.1 Å². The van der Waals surface area contributed by atoms with Crippen molar-refractivity contribution in [2.45, 2.75) is 21.3 Å². The Balaban J connectivity index is 0.000000188. The van der Waals surface area contributed by atoms with Crippen LogP contribution in [0, 0.1) is 0 Å². The van der Waals surface area contributed by atoms with E-state index in [4.69, 9.17) is 9.47 Å². The lowest BCUT2D eigenvalue weighted by molar-refractivity contribution is -0.132. The lowest BCUT2D eigenvalue weighted by atomic mass is 10.1. The fourth-order valence-corrected chi connectivity index (χ4v) is 3.78. The summed E-state index contributed by atoms with van der Waals surface area (Å²) in [7, 11) is 0. The molecular formula is C35H32N2O5. The molecule has 7 heteroatoms. The first-order valence-corrected chi connectivity index (χ1v) is 12.9. The third-order valence-electron chi connectivity index (χ3n) is 5.94. The number of nitrogens with zero attached hydrogens (tertiary/aromatic N) is 2. The average molecular weight is 561 g/mol. The van der Waals surface area contributed by atoms with E-state index < -0.39 is 5.97 Å². The van der Waals surface area contributed by atoms with E-state index in [0.29, 0.717) is 17.5 Å². The van der Waals surface area contributed by atoms with Crippen LogP contribution in [0.25, 0.3) is 5.57 Å². The van der Waals surface area contributed by atoms with Gasteiger partial charge < -0.3 is 9.47 Å². The molecule has 0 aromatic heterocycles. The number of carbonyl (C=O) groups is 3. The number of hydrogen-bond acceptors (Lipinski definition) is 7. The van der Waals surface area contributed by atoms with E-state index in [1.807, 2.05) is 128 Å². The van der Waals surface area contributed by atoms with Gasteiger partial charge in [-0.15, -0.1) is 0 Å². The summed E-state index contributed by atoms with van der Waals surface area (Å²) in [5, 5.41) is 0. The molecule has 0 saturated heterocycles. The molecule has 6 rings (SSSR count). The van der Waals surface area contributed by atoms with Crippen molar-refractivity contribution in [1.82, 2.24) is 0 Å². The molecule has 0 N–H and O–H groups in total. The number of aliphatic imine (C=N–C) groups is 2. The summed E-state index contributed by atoms with van der Waals surface area (Å²) >= 11 is 0. The highest BCUT2D eigenvalue weighted by Crippen LogP contribution is 2.25. The van der Waals surface area contributed by atoms with Gasteiger partial charge in [0.1, 0.15) is 6.54 Å². The van der Waals surface area contributed by atoms with Crippen LogP contribution in [-0.2, 0) is 19.1 Å². The summed E-state index contributed by atoms with van der Waals surface area (Å²) in [6.45, 7) is 3.59. The number of Topliss-reactive ketones (excluding diaryl/α,β-unsaturated/α-hetero) is 1. The number of rotatable bonds is 4. The molecule has 0 atom stereocenters. The number of esters is 2. The fraction of sp³-hybridized carbons (Fsp3) is 0.114. The van der Waals surface area contributed by atoms with Crippen LogP contribution in [-0.4, -0.2) is 36.1 Å². The molecule has 212 valence electrons. The summed E-state index contributed by atoms with van der Waals surface area (Å²) in [5.41, 5.74) is 4.59. The van der Waals surface area contributed by atoms with Crippen LogP contribution in [0.15, 0.2) is 137 Å². The molecule has 2 aliphatic rings. The zero-order chi connectivity index (χ0) is 29.0. The van der Waals surface area contributed by atoms with Crippen LogP contribution in [0.4, 0.5) is 0 Å². The molecule has 2 aliphatic heterocycles. The lowest BCUT2D eigenvalue weighted by Gasteiger charge is -2.01. The first-order chi connectivity index (χ1) is 19.9. The SMILES string of the molecule is C.C/C(=C1/N=C(c2ccccc2)OC1=O)c1ccccc1.CC(=O)c1ccccc1.O=C1CN=C(c2ccccc2)O1. The molecule has 0 spiro atoms. The fourth-order valence-electron chi connectivity index (χ4n) is 3.78. The van der Waals surface area contributed by atoms with Gasteiger partial charge in [0.25, 0.3) is 0 Å². The van der Waals surface area contributed by atoms with E-state index >= 15 is 0 Å². The van der Waals surface area contributed by atoms with Gasteiger partial charge in [-0.2, -0.15) is 0 Å². The van der Waals surface area contributed by atoms with Crippen LogP contribution in [0.2, 0.25) is 0 Å². The number of benzene rings is 4. The number of ether oxygens (including phenoxy) is 2. The van der Waals surface area contributed by atoms with E-state index in [1.165, 1.54) is 0 Å². The topological polar surface area (TPSA) is 94.4 Å². The predicted molar refractivity (Wildman–Crippen MR) is 165 cm³/mol. The molecule has 0 saturated carbocycles. The summed E-state index contributed by atoms with van der Waals surface area (Å²) < 4.78 is 10.1. The summed E-state index contributed by atoms with van der Waals surface area (Å²) in [4.78, 5) is 41.6. The average Bonchev–Trinajstić information content (AvgIpc) is 3.65. The van der Waals surface area contributed by atoms with E-state index in [1.54, 1.807) is 6.92 Å². The first-order valence-electron chi connectivity index (χ1n) is 12.9. The number of allylic oxidation sites excluding steroid dienone is 1. The third-order valence-corrected chi connectivity index (χ3v) is 5.94. The van der Waals surface area contributed by atoms with E-state index in [0.717, 1.165) is 27.8 Å². The van der Waals surface area contributed by atoms with Gasteiger partial charge in [0, 0.05) is 16.7 Å². The molecule has 2 heterocycles. The minimum Gasteiger partial charge on any atom is -0.406 e. The molecule has 42 heavy (non-hydrogen) atoms. The van der Waals surface area contributed by atoms with E-state index in [2.05, 4.69) is 9.98 Å². The number of cyclic esters (lactones) is 2. The Kier molecular flexibility index (Phi) is 11.4. The van der Waals surface area contributed by atoms with Crippen molar-refractivity contribution in [2.24, 2.45) is 9.98 Å². The molecular weight excluding hydrogens is 528 g/mol. The molecule has 4 aromatic carbocycles. The van der Waals surface area contributed by atoms with Gasteiger partial charge in [-0.05, 0) is 49.2 Å². The Labute approximate surface area is 245 Å². The molecule has 0 aliphatic carbocycles. The minimum absolute atomic E-state index is 0. The Bertz CT molecular complexity index is 1590. The molecule has 4 aromatic rings. The van der Waals surface area contributed by atoms with Crippen LogP contribution >= 0.6 is 0 Å². The minimum atomic E-state index is -0.398. The van der Waals surface area contributed by atoms with Crippen molar-refractivity contribution in [2.75, 3.05) is 6.54 Å². The maximum Gasteiger partial charge on any atom is 0.364 e. The second-order valence-corrected chi connectivity index (χ2v) is 8.90. The van der Waals surface area contributed by atoms with Crippen molar-refractivity contribution in [1.29, 1.82) is 0 Å². The van der Waals surface area contributed by atoms with Gasteiger partial charge in [0.05, 0.1) is 0 Å². The van der Waals surface area contributed by atoms with Crippen LogP contribution < -0.4 is 0 Å². The maximum atomic E-state index is 12.0. The van der Waals surface area contributed by atoms with Gasteiger partial charge in [-0.3, -0.25) is 4.79 Å². The second-order valence-electron chi connectivity index (χ2n) is 8.90. The molecule has 0 amide bonds. The van der Waals surface area contributed by atoms with Gasteiger partial charge in [0.2, 0.25) is 11.8 Å². The van der Waals surface area contributed by atoms with Crippen LogP contribution in [0.5, 0.6) is 0 Å². The summed E-state index contributed by atoms with van der Waals surface area (Å²) in [6.07, 6.45) is 0. The lowest BCUT2D eigenvalue weighted by Crippen LogP contribution is -2.05. The first kappa shape index (κ1) is 31.1. The Hall–Kier alpha value is -5.43. The largest absolute Gasteiger partial charge is 0.406 e. The molecule has 0 bridgehead atoms. The zero-order valence-electron chi connectivity index (χ0n) is 22.7. The van der Waals surface area contributed by atoms with Crippen LogP contribution in [0.1, 0.15) is 48.3 Å². The van der Waals surface area contributed by atoms with Crippen molar-refractivity contribution < 1.29 is 23.9 Å². The predicted octanol–water partition coefficient (Wildman–Crippen LogP) is 6.94. The highest BCUT2D eigenvalue weighted by molar-refractivity contribution is 6.14. The Morgan fingerprint density at radius 2 is 1.07 bits per heavy atom. The maximum absolute atomic E-state index is 12.0. The van der Waals surface area contributed by atoms with Crippen molar-refractivity contribution in [3.63, 3.8) is 0 Å². The molecule has 0 unspecified atom stereocenters. The van der Waals surface area contributed by atoms with E-state index in [-0.39, 0.29) is 25.7 Å². The quantitative estimate of drug-likeness (QED) is 0.153. The normalized spacial score (nSPS) is 14.3.